The van der Waals surface area contributed by atoms with E-state index in [0.717, 1.165) is 30.3 Å². The highest BCUT2D eigenvalue weighted by molar-refractivity contribution is 6.08. The summed E-state index contributed by atoms with van der Waals surface area (Å²) in [5, 5.41) is 6.55. The van der Waals surface area contributed by atoms with Crippen LogP contribution in [0.2, 0.25) is 0 Å². The van der Waals surface area contributed by atoms with Crippen LogP contribution >= 0.6 is 0 Å². The zero-order valence-corrected chi connectivity index (χ0v) is 21.0. The summed E-state index contributed by atoms with van der Waals surface area (Å²) in [5.74, 6) is -2.74. The van der Waals surface area contributed by atoms with E-state index in [0.29, 0.717) is 46.7 Å². The number of rotatable bonds is 5. The first-order chi connectivity index (χ1) is 18.1. The fourth-order valence-electron chi connectivity index (χ4n) is 4.84. The van der Waals surface area contributed by atoms with Gasteiger partial charge in [-0.3, -0.25) is 9.59 Å². The van der Waals surface area contributed by atoms with Crippen molar-refractivity contribution >= 4 is 28.3 Å². The van der Waals surface area contributed by atoms with Gasteiger partial charge in [0.2, 0.25) is 0 Å². The highest BCUT2D eigenvalue weighted by Gasteiger charge is 2.29. The lowest BCUT2D eigenvalue weighted by Crippen LogP contribution is -2.28. The number of imidazole rings is 1. The van der Waals surface area contributed by atoms with Gasteiger partial charge in [-0.1, -0.05) is 19.9 Å². The maximum absolute atomic E-state index is 15.4. The molecule has 198 valence electrons. The average molecular weight is 526 g/mol. The largest absolute Gasteiger partial charge is 0.366 e. The van der Waals surface area contributed by atoms with Crippen molar-refractivity contribution in [3.8, 4) is 5.69 Å². The summed E-state index contributed by atoms with van der Waals surface area (Å²) < 4.78 is 46.2. The number of benzene rings is 2. The lowest BCUT2D eigenvalue weighted by molar-refractivity contribution is 0.102. The number of hydrogen-bond acceptors (Lipinski definition) is 6. The monoisotopic (exact) mass is 525 g/mol. The number of hydrogen-bond donors (Lipinski definition) is 2. The third-order valence-electron chi connectivity index (χ3n) is 6.59. The number of nitrogens with zero attached hydrogens (tertiary/aromatic N) is 5. The van der Waals surface area contributed by atoms with E-state index >= 15 is 4.39 Å². The second-order valence-electron chi connectivity index (χ2n) is 9.62. The molecule has 1 aliphatic heterocycles. The summed E-state index contributed by atoms with van der Waals surface area (Å²) in [6, 6.07) is 6.31. The van der Waals surface area contributed by atoms with Crippen molar-refractivity contribution in [2.45, 2.75) is 32.2 Å². The summed E-state index contributed by atoms with van der Waals surface area (Å²) in [7, 11) is 1.74. The maximum atomic E-state index is 15.4. The minimum Gasteiger partial charge on any atom is -0.366 e. The fraction of sp³-hybridized carbons (Fsp3) is 0.308. The van der Waals surface area contributed by atoms with Crippen LogP contribution in [0.5, 0.6) is 0 Å². The van der Waals surface area contributed by atoms with Crippen LogP contribution in [-0.2, 0) is 7.05 Å². The van der Waals surface area contributed by atoms with E-state index in [1.807, 2.05) is 18.7 Å². The molecule has 38 heavy (non-hydrogen) atoms. The molecule has 2 aromatic heterocycles. The van der Waals surface area contributed by atoms with Gasteiger partial charge in [-0.05, 0) is 24.6 Å². The average Bonchev–Trinajstić information content (AvgIpc) is 3.43. The lowest BCUT2D eigenvalue weighted by Gasteiger charge is -2.23. The summed E-state index contributed by atoms with van der Waals surface area (Å²) in [6.07, 6.45) is 0.705. The smallest absolute Gasteiger partial charge is 0.276 e. The highest BCUT2D eigenvalue weighted by Crippen LogP contribution is 2.39. The molecule has 0 spiro atoms. The SMILES string of the molecule is CC(C)c1nc2c(N3CC[C@@H](N)C3)c(NC(=O)c3ccc(=O)n(-c4c(F)cccc4F)n3)cc(F)c2n1C. The molecule has 0 saturated carbocycles. The van der Waals surface area contributed by atoms with Crippen molar-refractivity contribution in [1.82, 2.24) is 19.3 Å². The maximum Gasteiger partial charge on any atom is 0.276 e. The summed E-state index contributed by atoms with van der Waals surface area (Å²) in [5.41, 5.74) is 5.62. The Morgan fingerprint density at radius 3 is 2.45 bits per heavy atom. The predicted molar refractivity (Wildman–Crippen MR) is 137 cm³/mol. The van der Waals surface area contributed by atoms with E-state index in [2.05, 4.69) is 10.4 Å². The predicted octanol–water partition coefficient (Wildman–Crippen LogP) is 3.45. The molecule has 1 saturated heterocycles. The molecule has 1 atom stereocenters. The number of para-hydroxylation sites is 1. The summed E-state index contributed by atoms with van der Waals surface area (Å²) in [4.78, 5) is 32.3. The van der Waals surface area contributed by atoms with Gasteiger partial charge in [0.1, 0.15) is 28.2 Å². The quantitative estimate of drug-likeness (QED) is 0.413. The van der Waals surface area contributed by atoms with Gasteiger partial charge in [-0.2, -0.15) is 9.78 Å². The Morgan fingerprint density at radius 2 is 1.82 bits per heavy atom. The van der Waals surface area contributed by atoms with Crippen LogP contribution in [0.4, 0.5) is 24.5 Å². The molecule has 9 nitrogen and oxygen atoms in total. The third-order valence-corrected chi connectivity index (χ3v) is 6.59. The molecule has 1 aliphatic rings. The first-order valence-electron chi connectivity index (χ1n) is 12.1. The number of aryl methyl sites for hydroxylation is 1. The van der Waals surface area contributed by atoms with Crippen molar-refractivity contribution in [2.24, 2.45) is 12.8 Å². The van der Waals surface area contributed by atoms with Gasteiger partial charge in [0.05, 0.1) is 11.4 Å². The van der Waals surface area contributed by atoms with Crippen molar-refractivity contribution in [1.29, 1.82) is 0 Å². The van der Waals surface area contributed by atoms with Crippen LogP contribution in [0, 0.1) is 17.5 Å². The summed E-state index contributed by atoms with van der Waals surface area (Å²) in [6.45, 7) is 4.96. The molecule has 0 radical (unpaired) electrons. The highest BCUT2D eigenvalue weighted by atomic mass is 19.1. The topological polar surface area (TPSA) is 111 Å². The molecule has 5 rings (SSSR count). The zero-order chi connectivity index (χ0) is 27.3. The van der Waals surface area contributed by atoms with Crippen LogP contribution in [0.15, 0.2) is 41.2 Å². The minimum absolute atomic E-state index is 0.0163. The number of anilines is 2. The molecule has 12 heteroatoms. The van der Waals surface area contributed by atoms with E-state index < -0.39 is 34.6 Å². The Hall–Kier alpha value is -4.19. The lowest BCUT2D eigenvalue weighted by atomic mass is 10.2. The molecule has 1 fully saturated rings. The second kappa shape index (κ2) is 9.60. The molecule has 0 bridgehead atoms. The number of aromatic nitrogens is 4. The van der Waals surface area contributed by atoms with Gasteiger partial charge in [0.15, 0.2) is 17.5 Å². The Balaban J connectivity index is 1.61. The van der Waals surface area contributed by atoms with E-state index in [1.54, 1.807) is 11.6 Å². The molecule has 4 aromatic rings. The van der Waals surface area contributed by atoms with Gasteiger partial charge in [-0.25, -0.2) is 18.2 Å². The Kier molecular flexibility index (Phi) is 6.43. The summed E-state index contributed by atoms with van der Waals surface area (Å²) >= 11 is 0. The normalized spacial score (nSPS) is 15.6. The number of nitrogens with two attached hydrogens (primary N) is 1. The number of halogens is 3. The van der Waals surface area contributed by atoms with Crippen LogP contribution < -0.4 is 21.5 Å². The van der Waals surface area contributed by atoms with E-state index in [4.69, 9.17) is 10.7 Å². The standard InChI is InChI=1S/C26H26F3N7O2/c1-13(2)25-32-21-23(34(25)3)17(29)11-19(24(21)35-10-9-14(30)12-35)31-26(38)18-7-8-20(37)36(33-18)22-15(27)5-4-6-16(22)28/h4-8,11,13-14H,9-10,12,30H2,1-3H3,(H,31,38)/t14-/m1/s1. The molecule has 3 N–H and O–H groups in total. The van der Waals surface area contributed by atoms with Crippen molar-refractivity contribution in [2.75, 3.05) is 23.3 Å². The number of amides is 1. The molecule has 0 aliphatic carbocycles. The first-order valence-corrected chi connectivity index (χ1v) is 12.1. The third kappa shape index (κ3) is 4.30. The molecule has 0 unspecified atom stereocenters. The molecular weight excluding hydrogens is 499 g/mol. The van der Waals surface area contributed by atoms with E-state index in [9.17, 15) is 18.4 Å². The molecule has 1 amide bonds. The molecule has 2 aromatic carbocycles. The van der Waals surface area contributed by atoms with Crippen molar-refractivity contribution in [3.63, 3.8) is 0 Å². The Bertz CT molecular complexity index is 1610. The van der Waals surface area contributed by atoms with Gasteiger partial charge in [-0.15, -0.1) is 0 Å². The number of nitrogens with one attached hydrogen (secondary N) is 1. The van der Waals surface area contributed by atoms with Gasteiger partial charge < -0.3 is 20.5 Å². The van der Waals surface area contributed by atoms with E-state index in [-0.39, 0.29) is 23.3 Å². The van der Waals surface area contributed by atoms with Crippen LogP contribution in [0.3, 0.4) is 0 Å². The first kappa shape index (κ1) is 25.5. The van der Waals surface area contributed by atoms with Gasteiger partial charge in [0, 0.05) is 44.2 Å². The van der Waals surface area contributed by atoms with Gasteiger partial charge >= 0.3 is 0 Å². The minimum atomic E-state index is -1.02. The number of carbonyl (C=O) groups excluding carboxylic acids is 1. The van der Waals surface area contributed by atoms with Gasteiger partial charge in [0.25, 0.3) is 11.5 Å². The second-order valence-corrected chi connectivity index (χ2v) is 9.62. The zero-order valence-electron chi connectivity index (χ0n) is 21.0. The van der Waals surface area contributed by atoms with Crippen LogP contribution in [-0.4, -0.2) is 44.4 Å². The van der Waals surface area contributed by atoms with Crippen LogP contribution in [0.1, 0.15) is 42.5 Å². The molecular formula is C26H26F3N7O2. The molecule has 3 heterocycles. The van der Waals surface area contributed by atoms with E-state index in [1.165, 1.54) is 6.07 Å². The van der Waals surface area contributed by atoms with Crippen LogP contribution in [0.25, 0.3) is 16.7 Å². The Labute approximate surface area is 215 Å². The fourth-order valence-corrected chi connectivity index (χ4v) is 4.84. The van der Waals surface area contributed by atoms with Crippen molar-refractivity contribution < 1.29 is 18.0 Å². The van der Waals surface area contributed by atoms with Crippen molar-refractivity contribution in [3.05, 3.63) is 75.7 Å². The number of carbonyl (C=O) groups is 1. The number of fused-ring (bicyclic) bond motifs is 1. The Morgan fingerprint density at radius 1 is 1.11 bits per heavy atom.